The van der Waals surface area contributed by atoms with Gasteiger partial charge in [-0.25, -0.2) is 0 Å². The minimum absolute atomic E-state index is 0. The molecule has 1 saturated heterocycles. The maximum atomic E-state index is 12.2. The van der Waals surface area contributed by atoms with Crippen molar-refractivity contribution in [2.45, 2.75) is 45.4 Å². The van der Waals surface area contributed by atoms with Gasteiger partial charge in [-0.15, -0.1) is 19.0 Å². The SMILES string of the molecule is C=CCCOC(C)C(=O)N1CCNC(C)C1C.Cl. The Balaban J connectivity index is 0.00000289. The van der Waals surface area contributed by atoms with Crippen LogP contribution in [-0.2, 0) is 9.53 Å². The molecule has 1 fully saturated rings. The predicted octanol–water partition coefficient (Wildman–Crippen LogP) is 1.60. The Bertz CT molecular complexity index is 274. The smallest absolute Gasteiger partial charge is 0.251 e. The van der Waals surface area contributed by atoms with Gasteiger partial charge in [0.2, 0.25) is 0 Å². The zero-order chi connectivity index (χ0) is 12.8. The van der Waals surface area contributed by atoms with Gasteiger partial charge < -0.3 is 15.0 Å². The summed E-state index contributed by atoms with van der Waals surface area (Å²) in [5, 5.41) is 3.36. The maximum Gasteiger partial charge on any atom is 0.251 e. The molecular weight excluding hydrogens is 252 g/mol. The fourth-order valence-corrected chi connectivity index (χ4v) is 2.00. The number of nitrogens with one attached hydrogen (secondary N) is 1. The number of nitrogens with zero attached hydrogens (tertiary/aromatic N) is 1. The topological polar surface area (TPSA) is 41.6 Å². The highest BCUT2D eigenvalue weighted by Crippen LogP contribution is 2.11. The molecule has 0 aliphatic carbocycles. The average Bonchev–Trinajstić information content (AvgIpc) is 2.32. The van der Waals surface area contributed by atoms with Crippen LogP contribution in [0.3, 0.4) is 0 Å². The van der Waals surface area contributed by atoms with Crippen molar-refractivity contribution >= 4 is 18.3 Å². The summed E-state index contributed by atoms with van der Waals surface area (Å²) in [7, 11) is 0. The van der Waals surface area contributed by atoms with Crippen molar-refractivity contribution in [2.24, 2.45) is 0 Å². The first-order valence-corrected chi connectivity index (χ1v) is 6.34. The van der Waals surface area contributed by atoms with Gasteiger partial charge in [0.25, 0.3) is 5.91 Å². The minimum atomic E-state index is -0.359. The van der Waals surface area contributed by atoms with Crippen LogP contribution in [0.25, 0.3) is 0 Å². The number of rotatable bonds is 5. The summed E-state index contributed by atoms with van der Waals surface area (Å²) in [6.07, 6.45) is 2.22. The van der Waals surface area contributed by atoms with E-state index in [9.17, 15) is 4.79 Å². The second-order valence-corrected chi connectivity index (χ2v) is 4.61. The Morgan fingerprint density at radius 3 is 2.89 bits per heavy atom. The van der Waals surface area contributed by atoms with E-state index in [1.807, 2.05) is 11.8 Å². The summed E-state index contributed by atoms with van der Waals surface area (Å²) in [6, 6.07) is 0.565. The number of carbonyl (C=O) groups excluding carboxylic acids is 1. The second-order valence-electron chi connectivity index (χ2n) is 4.61. The lowest BCUT2D eigenvalue weighted by molar-refractivity contribution is -0.146. The first-order valence-electron chi connectivity index (χ1n) is 6.34. The summed E-state index contributed by atoms with van der Waals surface area (Å²) in [5.74, 6) is 0.0925. The van der Waals surface area contributed by atoms with E-state index >= 15 is 0 Å². The van der Waals surface area contributed by atoms with Crippen LogP contribution in [0.4, 0.5) is 0 Å². The molecule has 0 aromatic heterocycles. The lowest BCUT2D eigenvalue weighted by Gasteiger charge is -2.39. The first kappa shape index (κ1) is 17.4. The molecule has 18 heavy (non-hydrogen) atoms. The van der Waals surface area contributed by atoms with E-state index < -0.39 is 0 Å². The molecule has 1 aliphatic rings. The van der Waals surface area contributed by atoms with Crippen LogP contribution in [0.2, 0.25) is 0 Å². The van der Waals surface area contributed by atoms with Gasteiger partial charge in [-0.2, -0.15) is 0 Å². The van der Waals surface area contributed by atoms with Gasteiger partial charge in [0.15, 0.2) is 0 Å². The molecule has 1 aliphatic heterocycles. The zero-order valence-electron chi connectivity index (χ0n) is 11.5. The van der Waals surface area contributed by atoms with Crippen molar-refractivity contribution in [3.63, 3.8) is 0 Å². The zero-order valence-corrected chi connectivity index (χ0v) is 12.3. The number of hydrogen-bond acceptors (Lipinski definition) is 3. The van der Waals surface area contributed by atoms with E-state index in [1.54, 1.807) is 6.08 Å². The summed E-state index contributed by atoms with van der Waals surface area (Å²) >= 11 is 0. The number of carbonyl (C=O) groups is 1. The van der Waals surface area contributed by atoms with Crippen LogP contribution in [0.5, 0.6) is 0 Å². The van der Waals surface area contributed by atoms with Crippen LogP contribution in [-0.4, -0.2) is 48.7 Å². The third-order valence-corrected chi connectivity index (χ3v) is 3.35. The van der Waals surface area contributed by atoms with Gasteiger partial charge in [-0.1, -0.05) is 6.08 Å². The molecule has 5 heteroatoms. The number of amides is 1. The Kier molecular flexibility index (Phi) is 8.24. The fourth-order valence-electron chi connectivity index (χ4n) is 2.00. The van der Waals surface area contributed by atoms with Gasteiger partial charge in [0.1, 0.15) is 6.10 Å². The van der Waals surface area contributed by atoms with E-state index in [0.717, 1.165) is 19.5 Å². The van der Waals surface area contributed by atoms with Crippen LogP contribution in [0.1, 0.15) is 27.2 Å². The quantitative estimate of drug-likeness (QED) is 0.613. The van der Waals surface area contributed by atoms with Crippen LogP contribution in [0.15, 0.2) is 12.7 Å². The number of piperazine rings is 1. The first-order chi connectivity index (χ1) is 8.07. The van der Waals surface area contributed by atoms with Gasteiger partial charge in [0.05, 0.1) is 6.61 Å². The highest BCUT2D eigenvalue weighted by atomic mass is 35.5. The number of ether oxygens (including phenoxy) is 1. The van der Waals surface area contributed by atoms with E-state index in [1.165, 1.54) is 0 Å². The van der Waals surface area contributed by atoms with E-state index in [-0.39, 0.29) is 30.5 Å². The van der Waals surface area contributed by atoms with Crippen molar-refractivity contribution < 1.29 is 9.53 Å². The molecule has 0 aromatic rings. The molecule has 0 spiro atoms. The van der Waals surface area contributed by atoms with Crippen LogP contribution in [0, 0.1) is 0 Å². The fraction of sp³-hybridized carbons (Fsp3) is 0.769. The molecule has 1 N–H and O–H groups in total. The molecule has 106 valence electrons. The van der Waals surface area contributed by atoms with Crippen molar-refractivity contribution in [1.29, 1.82) is 0 Å². The van der Waals surface area contributed by atoms with E-state index in [0.29, 0.717) is 12.6 Å². The standard InChI is InChI=1S/C13H24N2O2.ClH/c1-5-6-9-17-12(4)13(16)15-8-7-14-10(2)11(15)3;/h5,10-12,14H,1,6-9H2,2-4H3;1H. The summed E-state index contributed by atoms with van der Waals surface area (Å²) in [6.45, 7) is 11.8. The lowest BCUT2D eigenvalue weighted by Crippen LogP contribution is -2.59. The third-order valence-electron chi connectivity index (χ3n) is 3.35. The lowest BCUT2D eigenvalue weighted by atomic mass is 10.1. The Morgan fingerprint density at radius 1 is 1.61 bits per heavy atom. The maximum absolute atomic E-state index is 12.2. The average molecular weight is 277 g/mol. The van der Waals surface area contributed by atoms with Crippen molar-refractivity contribution in [3.8, 4) is 0 Å². The molecule has 4 nitrogen and oxygen atoms in total. The number of hydrogen-bond donors (Lipinski definition) is 1. The van der Waals surface area contributed by atoms with Crippen molar-refractivity contribution in [3.05, 3.63) is 12.7 Å². The minimum Gasteiger partial charge on any atom is -0.368 e. The highest BCUT2D eigenvalue weighted by molar-refractivity contribution is 5.85. The van der Waals surface area contributed by atoms with Crippen molar-refractivity contribution in [1.82, 2.24) is 10.2 Å². The van der Waals surface area contributed by atoms with Crippen LogP contribution < -0.4 is 5.32 Å². The molecule has 1 heterocycles. The molecule has 3 unspecified atom stereocenters. The Hall–Kier alpha value is -0.580. The largest absolute Gasteiger partial charge is 0.368 e. The molecule has 0 saturated carbocycles. The number of halogens is 1. The predicted molar refractivity (Wildman–Crippen MR) is 76.1 cm³/mol. The van der Waals surface area contributed by atoms with Gasteiger partial charge in [-0.05, 0) is 27.2 Å². The molecule has 0 bridgehead atoms. The summed E-state index contributed by atoms with van der Waals surface area (Å²) in [4.78, 5) is 14.1. The Labute approximate surface area is 116 Å². The molecule has 0 radical (unpaired) electrons. The summed E-state index contributed by atoms with van der Waals surface area (Å²) < 4.78 is 5.50. The molecule has 1 rings (SSSR count). The summed E-state index contributed by atoms with van der Waals surface area (Å²) in [5.41, 5.74) is 0. The van der Waals surface area contributed by atoms with Gasteiger partial charge in [0, 0.05) is 25.2 Å². The normalized spacial score (nSPS) is 25.2. The van der Waals surface area contributed by atoms with E-state index in [4.69, 9.17) is 4.74 Å². The molecule has 1 amide bonds. The Morgan fingerprint density at radius 2 is 2.28 bits per heavy atom. The monoisotopic (exact) mass is 276 g/mol. The van der Waals surface area contributed by atoms with Crippen molar-refractivity contribution in [2.75, 3.05) is 19.7 Å². The molecule has 3 atom stereocenters. The second kappa shape index (κ2) is 8.51. The van der Waals surface area contributed by atoms with Crippen LogP contribution >= 0.6 is 12.4 Å². The molecular formula is C13H25ClN2O2. The third kappa shape index (κ3) is 4.59. The van der Waals surface area contributed by atoms with E-state index in [2.05, 4.69) is 25.7 Å². The van der Waals surface area contributed by atoms with Gasteiger partial charge >= 0.3 is 0 Å². The highest BCUT2D eigenvalue weighted by Gasteiger charge is 2.30. The molecule has 0 aromatic carbocycles. The van der Waals surface area contributed by atoms with Gasteiger partial charge in [-0.3, -0.25) is 4.79 Å².